The zero-order valence-corrected chi connectivity index (χ0v) is 87.2. The number of pyridine rings is 5. The van der Waals surface area contributed by atoms with Crippen molar-refractivity contribution < 1.29 is 77.0 Å². The van der Waals surface area contributed by atoms with Gasteiger partial charge in [0.1, 0.15) is 6.07 Å². The van der Waals surface area contributed by atoms with Crippen LogP contribution in [0.5, 0.6) is 0 Å². The van der Waals surface area contributed by atoms with Gasteiger partial charge in [0, 0.05) is 88.8 Å². The van der Waals surface area contributed by atoms with Gasteiger partial charge < -0.3 is 50.1 Å². The molecule has 0 saturated heterocycles. The molecule has 736 valence electrons. The molecular weight excluding hydrogens is 1740 g/mol. The fourth-order valence-electron chi connectivity index (χ4n) is 16.2. The average Bonchev–Trinajstić information content (AvgIpc) is 0.416. The molecule has 0 aliphatic rings. The van der Waals surface area contributed by atoms with Crippen molar-refractivity contribution in [2.75, 3.05) is 37.9 Å². The number of para-hydroxylation sites is 7. The van der Waals surface area contributed by atoms with Crippen molar-refractivity contribution in [2.24, 2.45) is 5.41 Å². The Balaban J connectivity index is 0.000000251. The molecule has 12 rings (SSSR count). The van der Waals surface area contributed by atoms with Crippen LogP contribution in [0.3, 0.4) is 0 Å². The molecule has 3 unspecified atom stereocenters. The monoisotopic (exact) mass is 1880 g/mol. The number of anilines is 2. The number of aliphatic hydroxyl groups is 1. The SMILES string of the molecule is CC(C)(C)C(=O)c1ccccc1N.CCOC(=O)C(=O)c1c(C)nc2ccccc2c1C(C)(C)C.CCOC(=O)C(O)c1c(C)nc2ccccc2c1C(C)(C)C.CCOC(=O)C(OC(C)(C)C)c1c(C)nc2ccccc2c1C(C)(C)C.CCOC(=O)c1nc2ccccc2c(C(C)(C)C)c1C(C)=O.Cc1nc2ccccc2c(C(C)(C)C)c1C(OC(C)(C)C)C(=O)O.N#Cc1ccccc1N. The minimum Gasteiger partial charge on any atom is -0.479 e. The number of carboxylic acid groups (broad SMARTS) is 1. The van der Waals surface area contributed by atoms with Crippen LogP contribution in [0.25, 0.3) is 54.5 Å². The van der Waals surface area contributed by atoms with Gasteiger partial charge in [-0.1, -0.05) is 240 Å². The highest BCUT2D eigenvalue weighted by Crippen LogP contribution is 2.45. The Kier molecular flexibility index (Phi) is 39.0. The smallest absolute Gasteiger partial charge is 0.379 e. The van der Waals surface area contributed by atoms with Gasteiger partial charge in [0.05, 0.1) is 81.9 Å². The van der Waals surface area contributed by atoms with Crippen molar-refractivity contribution >= 4 is 113 Å². The number of hydrogen-bond acceptors (Lipinski definition) is 23. The number of ketones is 3. The summed E-state index contributed by atoms with van der Waals surface area (Å²) in [6, 6.07) is 55.1. The summed E-state index contributed by atoms with van der Waals surface area (Å²) < 4.78 is 32.4. The molecule has 24 nitrogen and oxygen atoms in total. The number of rotatable bonds is 17. The maximum absolute atomic E-state index is 12.8. The van der Waals surface area contributed by atoms with Crippen molar-refractivity contribution in [1.29, 1.82) is 5.26 Å². The number of nitrogen functional groups attached to an aromatic ring is 2. The molecule has 5 heterocycles. The van der Waals surface area contributed by atoms with Gasteiger partial charge in [-0.2, -0.15) is 5.26 Å². The van der Waals surface area contributed by atoms with Crippen LogP contribution in [-0.2, 0) is 74.7 Å². The summed E-state index contributed by atoms with van der Waals surface area (Å²) in [7, 11) is 0. The van der Waals surface area contributed by atoms with Crippen molar-refractivity contribution in [3.8, 4) is 6.07 Å². The van der Waals surface area contributed by atoms with E-state index in [4.69, 9.17) is 50.1 Å². The van der Waals surface area contributed by atoms with Gasteiger partial charge in [0.15, 0.2) is 35.6 Å². The third-order valence-electron chi connectivity index (χ3n) is 21.5. The van der Waals surface area contributed by atoms with E-state index in [0.29, 0.717) is 74.0 Å². The fourth-order valence-corrected chi connectivity index (χ4v) is 16.2. The second kappa shape index (κ2) is 47.3. The highest BCUT2D eigenvalue weighted by atomic mass is 16.6. The Morgan fingerprint density at radius 3 is 1.03 bits per heavy atom. The van der Waals surface area contributed by atoms with Gasteiger partial charge in [-0.25, -0.2) is 29.0 Å². The maximum atomic E-state index is 12.8. The zero-order chi connectivity index (χ0) is 104. The summed E-state index contributed by atoms with van der Waals surface area (Å²) in [5.74, 6) is -4.08. The number of aromatic nitrogens is 5. The van der Waals surface area contributed by atoms with Gasteiger partial charge in [-0.3, -0.25) is 34.3 Å². The van der Waals surface area contributed by atoms with E-state index in [-0.39, 0.29) is 75.5 Å². The van der Waals surface area contributed by atoms with Crippen LogP contribution in [0.4, 0.5) is 11.4 Å². The number of aliphatic carboxylic acids is 1. The van der Waals surface area contributed by atoms with Crippen molar-refractivity contribution in [3.05, 3.63) is 265 Å². The van der Waals surface area contributed by atoms with E-state index in [0.717, 1.165) is 88.1 Å². The van der Waals surface area contributed by atoms with Gasteiger partial charge in [-0.15, -0.1) is 0 Å². The average molecular weight is 1880 g/mol. The summed E-state index contributed by atoms with van der Waals surface area (Å²) >= 11 is 0. The van der Waals surface area contributed by atoms with E-state index in [1.807, 2.05) is 265 Å². The maximum Gasteiger partial charge on any atom is 0.379 e. The van der Waals surface area contributed by atoms with Crippen molar-refractivity contribution in [2.45, 2.75) is 285 Å². The van der Waals surface area contributed by atoms with E-state index in [2.05, 4.69) is 88.3 Å². The predicted molar refractivity (Wildman–Crippen MR) is 551 cm³/mol. The molecule has 0 aliphatic heterocycles. The number of nitriles is 1. The number of Topliss-reactive ketones (excluding diaryl/α,β-unsaturated/α-hetero) is 3. The van der Waals surface area contributed by atoms with Gasteiger partial charge in [0.25, 0.3) is 5.78 Å². The highest BCUT2D eigenvalue weighted by molar-refractivity contribution is 6.41. The molecule has 12 aromatic rings. The van der Waals surface area contributed by atoms with Crippen LogP contribution in [0.1, 0.15) is 334 Å². The number of fused-ring (bicyclic) bond motifs is 5. The fraction of sp³-hybridized carbons (Fsp3) is 0.421. The van der Waals surface area contributed by atoms with E-state index < -0.39 is 59.2 Å². The number of hydrogen-bond donors (Lipinski definition) is 4. The Labute approximate surface area is 815 Å². The number of carboxylic acids is 1. The second-order valence-corrected chi connectivity index (χ2v) is 41.6. The minimum absolute atomic E-state index is 0.0885. The first-order valence-electron chi connectivity index (χ1n) is 46.6. The van der Waals surface area contributed by atoms with E-state index in [1.165, 1.54) is 6.92 Å². The molecule has 0 bridgehead atoms. The molecule has 5 aromatic heterocycles. The molecule has 3 atom stereocenters. The third kappa shape index (κ3) is 29.7. The molecule has 24 heteroatoms. The third-order valence-corrected chi connectivity index (χ3v) is 21.5. The number of benzene rings is 7. The number of ether oxygens (including phenoxy) is 6. The Morgan fingerprint density at radius 1 is 0.377 bits per heavy atom. The highest BCUT2D eigenvalue weighted by Gasteiger charge is 2.40. The van der Waals surface area contributed by atoms with Gasteiger partial charge in [-0.05, 0) is 213 Å². The summed E-state index contributed by atoms with van der Waals surface area (Å²) in [5, 5.41) is 33.5. The van der Waals surface area contributed by atoms with Crippen LogP contribution in [0.15, 0.2) is 170 Å². The minimum atomic E-state index is -1.31. The predicted octanol–water partition coefficient (Wildman–Crippen LogP) is 24.6. The number of carbonyl (C=O) groups is 8. The van der Waals surface area contributed by atoms with Gasteiger partial charge in [0.2, 0.25) is 0 Å². The molecule has 7 aromatic carbocycles. The molecule has 0 amide bonds. The molecule has 0 aliphatic carbocycles. The van der Waals surface area contributed by atoms with Crippen molar-refractivity contribution in [1.82, 2.24) is 24.9 Å². The largest absolute Gasteiger partial charge is 0.479 e. The van der Waals surface area contributed by atoms with Crippen molar-refractivity contribution in [3.63, 3.8) is 0 Å². The molecule has 0 fully saturated rings. The van der Waals surface area contributed by atoms with E-state index in [1.54, 1.807) is 64.1 Å². The first kappa shape index (κ1) is 114. The molecule has 6 N–H and O–H groups in total. The molecule has 138 heavy (non-hydrogen) atoms. The summed E-state index contributed by atoms with van der Waals surface area (Å²) in [5.41, 5.74) is 25.2. The van der Waals surface area contributed by atoms with Crippen LogP contribution < -0.4 is 11.5 Å². The second-order valence-electron chi connectivity index (χ2n) is 41.6. The first-order valence-corrected chi connectivity index (χ1v) is 46.6. The normalized spacial score (nSPS) is 12.4. The number of carbonyl (C=O) groups excluding carboxylic acids is 7. The van der Waals surface area contributed by atoms with E-state index in [9.17, 15) is 48.6 Å². The van der Waals surface area contributed by atoms with E-state index >= 15 is 0 Å². The zero-order valence-electron chi connectivity index (χ0n) is 87.2. The Morgan fingerprint density at radius 2 is 0.688 bits per heavy atom. The number of nitrogens with zero attached hydrogens (tertiary/aromatic N) is 6. The molecular formula is C114H144N8O16. The molecule has 0 spiro atoms. The van der Waals surface area contributed by atoms with Crippen LogP contribution in [0, 0.1) is 44.4 Å². The molecule has 0 saturated carbocycles. The summed E-state index contributed by atoms with van der Waals surface area (Å²) in [6.45, 7) is 64.9. The first-order chi connectivity index (χ1) is 63.9. The number of aliphatic hydroxyl groups excluding tert-OH is 1. The quantitative estimate of drug-likeness (QED) is 0.0216. The number of aryl methyl sites for hydroxylation is 4. The lowest BCUT2D eigenvalue weighted by atomic mass is 9.79. The van der Waals surface area contributed by atoms with Gasteiger partial charge >= 0.3 is 29.8 Å². The lowest BCUT2D eigenvalue weighted by molar-refractivity contribution is -0.167. The van der Waals surface area contributed by atoms with Crippen LogP contribution in [0.2, 0.25) is 0 Å². The Bertz CT molecular complexity index is 6450. The number of nitrogens with two attached hydrogens (primary N) is 2. The van der Waals surface area contributed by atoms with Crippen LogP contribution in [-0.4, -0.2) is 120 Å². The lowest BCUT2D eigenvalue weighted by Gasteiger charge is -2.32. The Hall–Kier alpha value is -13.1. The molecule has 0 radical (unpaired) electrons. The van der Waals surface area contributed by atoms with Crippen LogP contribution >= 0.6 is 0 Å². The topological polar surface area (TPSA) is 373 Å². The number of esters is 4. The lowest BCUT2D eigenvalue weighted by Crippen LogP contribution is -2.31. The summed E-state index contributed by atoms with van der Waals surface area (Å²) in [6.07, 6.45) is -3.16. The standard InChI is InChI=1S/C22H31NO3.C20H27NO3.C18H21NO3.C18H23NO3.C18H21NO3.C11H15NO.C7H6N2/c1-9-25-20(24)19(26-22(6,7)8)17-14(2)23-16-13-11-10-12-15(16)18(17)21(3,4)5;1-12-15(17(18(22)23)24-20(5,6)7)16(19(2,3)4)13-10-8-9-11-14(13)21-12;1-6-22-17(21)16-14(11(2)20)15(18(3,4)5)12-9-7-8-10-13(12)19-16;2*1-6-22-17(21)16(20)14-11(2)19-13-10-8-7-9-12(13)15(14)18(3,4)5;1-11(2,3)10(13)8-6-4-5-7-9(8)12;8-5-6-3-1-2-4-7(6)9/h10-13,19H,9H2,1-8H3;8-11,17H,1-7H3,(H,22,23);7-10H,6H2,1-5H3;7-10,16,20H,6H2,1-5H3;7-10H,6H2,1-5H3;4-7H,12H2,1-3H3;1-4H,9H2. The summed E-state index contributed by atoms with van der Waals surface area (Å²) in [4.78, 5) is 120.